The Labute approximate surface area is 242 Å². The van der Waals surface area contributed by atoms with E-state index in [0.29, 0.717) is 53.3 Å². The lowest BCUT2D eigenvalue weighted by Gasteiger charge is -2.24. The summed E-state index contributed by atoms with van der Waals surface area (Å²) >= 11 is 1.33. The van der Waals surface area contributed by atoms with Gasteiger partial charge in [-0.2, -0.15) is 0 Å². The molecule has 1 aliphatic heterocycles. The molecule has 4 aromatic rings. The molecule has 1 saturated heterocycles. The van der Waals surface area contributed by atoms with Gasteiger partial charge in [0.15, 0.2) is 16.6 Å². The number of aliphatic hydroxyl groups excluding tert-OH is 1. The first-order chi connectivity index (χ1) is 19.8. The van der Waals surface area contributed by atoms with Gasteiger partial charge in [-0.15, -0.1) is 0 Å². The van der Waals surface area contributed by atoms with Crippen molar-refractivity contribution in [2.75, 3.05) is 24.7 Å². The van der Waals surface area contributed by atoms with Crippen LogP contribution in [0.25, 0.3) is 16.0 Å². The zero-order chi connectivity index (χ0) is 29.3. The monoisotopic (exact) mass is 572 g/mol. The third-order valence-electron chi connectivity index (χ3n) is 6.79. The Morgan fingerprint density at radius 1 is 0.902 bits per heavy atom. The summed E-state index contributed by atoms with van der Waals surface area (Å²) in [6, 6.07) is 15.2. The molecule has 41 heavy (non-hydrogen) atoms. The molecule has 8 nitrogen and oxygen atoms in total. The van der Waals surface area contributed by atoms with E-state index in [-0.39, 0.29) is 11.3 Å². The summed E-state index contributed by atoms with van der Waals surface area (Å²) in [5, 5.41) is 11.9. The number of hydrogen-bond donors (Lipinski definition) is 1. The molecule has 2 heterocycles. The van der Waals surface area contributed by atoms with Gasteiger partial charge < -0.3 is 19.3 Å². The van der Waals surface area contributed by atoms with Crippen molar-refractivity contribution in [1.29, 1.82) is 0 Å². The number of hydrogen-bond acceptors (Lipinski definition) is 8. The van der Waals surface area contributed by atoms with Crippen molar-refractivity contribution in [3.63, 3.8) is 0 Å². The molecule has 1 unspecified atom stereocenters. The van der Waals surface area contributed by atoms with Crippen LogP contribution in [0, 0.1) is 13.8 Å². The molecule has 0 radical (unpaired) electrons. The van der Waals surface area contributed by atoms with Gasteiger partial charge in [-0.05, 0) is 93.8 Å². The number of ether oxygens (including phenoxy) is 3. The summed E-state index contributed by atoms with van der Waals surface area (Å²) < 4.78 is 18.0. The molecule has 1 atom stereocenters. The van der Waals surface area contributed by atoms with E-state index in [1.54, 1.807) is 42.5 Å². The average molecular weight is 573 g/mol. The van der Waals surface area contributed by atoms with Crippen LogP contribution < -0.4 is 19.1 Å². The molecule has 212 valence electrons. The third-order valence-corrected chi connectivity index (χ3v) is 7.79. The summed E-state index contributed by atoms with van der Waals surface area (Å²) in [7, 11) is 0. The van der Waals surface area contributed by atoms with Crippen molar-refractivity contribution in [3.05, 3.63) is 82.4 Å². The lowest BCUT2D eigenvalue weighted by atomic mass is 9.95. The normalized spacial score (nSPS) is 16.4. The molecule has 1 aromatic heterocycles. The van der Waals surface area contributed by atoms with Crippen LogP contribution >= 0.6 is 11.3 Å². The zero-order valence-electron chi connectivity index (χ0n) is 23.7. The van der Waals surface area contributed by atoms with Gasteiger partial charge in [-0.25, -0.2) is 4.98 Å². The molecular weight excluding hydrogens is 540 g/mol. The minimum atomic E-state index is -0.946. The second-order valence-electron chi connectivity index (χ2n) is 9.62. The van der Waals surface area contributed by atoms with E-state index in [9.17, 15) is 14.7 Å². The molecule has 0 aliphatic carbocycles. The van der Waals surface area contributed by atoms with Crippen LogP contribution in [0.1, 0.15) is 49.1 Å². The van der Waals surface area contributed by atoms with Gasteiger partial charge in [0.1, 0.15) is 11.5 Å². The number of aliphatic hydroxyl groups is 1. The highest BCUT2D eigenvalue weighted by Crippen LogP contribution is 2.46. The molecule has 1 amide bonds. The number of benzene rings is 3. The predicted octanol–water partition coefficient (Wildman–Crippen LogP) is 6.74. The Morgan fingerprint density at radius 3 is 2.27 bits per heavy atom. The molecule has 0 saturated carbocycles. The van der Waals surface area contributed by atoms with E-state index in [1.807, 2.05) is 46.8 Å². The summed E-state index contributed by atoms with van der Waals surface area (Å²) in [4.78, 5) is 33.5. The Kier molecular flexibility index (Phi) is 7.99. The lowest BCUT2D eigenvalue weighted by molar-refractivity contribution is -0.132. The maximum atomic E-state index is 13.7. The fourth-order valence-corrected chi connectivity index (χ4v) is 6.24. The number of carbonyl (C=O) groups is 2. The molecular formula is C32H32N2O6S. The topological polar surface area (TPSA) is 98.2 Å². The number of aromatic nitrogens is 1. The maximum absolute atomic E-state index is 13.7. The van der Waals surface area contributed by atoms with Crippen LogP contribution in [-0.2, 0) is 9.59 Å². The van der Waals surface area contributed by atoms with Gasteiger partial charge in [-0.3, -0.25) is 14.5 Å². The van der Waals surface area contributed by atoms with E-state index in [2.05, 4.69) is 0 Å². The predicted molar refractivity (Wildman–Crippen MR) is 160 cm³/mol. The number of fused-ring (bicyclic) bond motifs is 1. The van der Waals surface area contributed by atoms with Gasteiger partial charge in [0, 0.05) is 5.56 Å². The van der Waals surface area contributed by atoms with Crippen LogP contribution in [0.2, 0.25) is 0 Å². The summed E-state index contributed by atoms with van der Waals surface area (Å²) in [6.45, 7) is 10.9. The second kappa shape index (κ2) is 11.6. The Morgan fingerprint density at radius 2 is 1.59 bits per heavy atom. The van der Waals surface area contributed by atoms with Gasteiger partial charge in [0.2, 0.25) is 0 Å². The van der Waals surface area contributed by atoms with E-state index in [0.717, 1.165) is 21.3 Å². The van der Waals surface area contributed by atoms with E-state index < -0.39 is 17.7 Å². The van der Waals surface area contributed by atoms with Crippen LogP contribution in [-0.4, -0.2) is 41.6 Å². The fraction of sp³-hybridized carbons (Fsp3) is 0.281. The molecule has 5 rings (SSSR count). The van der Waals surface area contributed by atoms with Crippen molar-refractivity contribution in [2.45, 2.75) is 40.7 Å². The minimum Gasteiger partial charge on any atom is -0.507 e. The van der Waals surface area contributed by atoms with Gasteiger partial charge in [-0.1, -0.05) is 23.5 Å². The number of ketones is 1. The standard InChI is InChI=1S/C32H32N2O6S/c1-6-38-22-12-9-20(10-13-22)29(35)26-28(21-11-14-23(39-7-2)24(17-21)40-8-3)34(31(37)30(26)36)32-33-27-19(5)15-18(4)16-25(27)41-32/h9-17,28,35H,6-8H2,1-5H3. The highest BCUT2D eigenvalue weighted by atomic mass is 32.1. The van der Waals surface area contributed by atoms with E-state index >= 15 is 0 Å². The molecule has 1 aliphatic rings. The van der Waals surface area contributed by atoms with Crippen molar-refractivity contribution in [2.24, 2.45) is 0 Å². The molecule has 0 bridgehead atoms. The zero-order valence-corrected chi connectivity index (χ0v) is 24.5. The van der Waals surface area contributed by atoms with Crippen LogP contribution in [0.4, 0.5) is 5.13 Å². The number of amides is 1. The SMILES string of the molecule is CCOc1ccc(C(O)=C2C(=O)C(=O)N(c3nc4c(C)cc(C)cc4s3)C2c2ccc(OCC)c(OCC)c2)cc1. The van der Waals surface area contributed by atoms with Crippen molar-refractivity contribution >= 4 is 44.1 Å². The number of nitrogens with zero attached hydrogens (tertiary/aromatic N) is 2. The Hall–Kier alpha value is -4.37. The quantitative estimate of drug-likeness (QED) is 0.135. The van der Waals surface area contributed by atoms with Gasteiger partial charge >= 0.3 is 5.91 Å². The lowest BCUT2D eigenvalue weighted by Crippen LogP contribution is -2.29. The first kappa shape index (κ1) is 28.2. The van der Waals surface area contributed by atoms with Crippen molar-refractivity contribution in [3.8, 4) is 17.2 Å². The molecule has 9 heteroatoms. The number of rotatable bonds is 9. The first-order valence-corrected chi connectivity index (χ1v) is 14.4. The number of aryl methyl sites for hydroxylation is 2. The van der Waals surface area contributed by atoms with Gasteiger partial charge in [0.05, 0.1) is 41.7 Å². The summed E-state index contributed by atoms with van der Waals surface area (Å²) in [6.07, 6.45) is 0. The Bertz CT molecular complexity index is 1660. The molecule has 3 aromatic carbocycles. The molecule has 1 N–H and O–H groups in total. The Balaban J connectivity index is 1.72. The second-order valence-corrected chi connectivity index (χ2v) is 10.6. The minimum absolute atomic E-state index is 0.0297. The largest absolute Gasteiger partial charge is 0.507 e. The highest BCUT2D eigenvalue weighted by molar-refractivity contribution is 7.22. The van der Waals surface area contributed by atoms with E-state index in [4.69, 9.17) is 19.2 Å². The summed E-state index contributed by atoms with van der Waals surface area (Å²) in [5.41, 5.74) is 3.76. The van der Waals surface area contributed by atoms with Crippen LogP contribution in [0.15, 0.2) is 60.2 Å². The molecule has 0 spiro atoms. The highest BCUT2D eigenvalue weighted by Gasteiger charge is 2.48. The first-order valence-electron chi connectivity index (χ1n) is 13.6. The third kappa shape index (κ3) is 5.25. The van der Waals surface area contributed by atoms with Crippen LogP contribution in [0.3, 0.4) is 0 Å². The number of anilines is 1. The van der Waals surface area contributed by atoms with Gasteiger partial charge in [0.25, 0.3) is 5.78 Å². The summed E-state index contributed by atoms with van der Waals surface area (Å²) in [5.74, 6) is -0.169. The van der Waals surface area contributed by atoms with E-state index in [1.165, 1.54) is 16.2 Å². The number of carbonyl (C=O) groups excluding carboxylic acids is 2. The van der Waals surface area contributed by atoms with Crippen molar-refractivity contribution in [1.82, 2.24) is 4.98 Å². The van der Waals surface area contributed by atoms with Crippen molar-refractivity contribution < 1.29 is 28.9 Å². The maximum Gasteiger partial charge on any atom is 0.301 e. The molecule has 1 fully saturated rings. The number of Topliss-reactive ketones (excluding diaryl/α,β-unsaturated/α-hetero) is 1. The fourth-order valence-electron chi connectivity index (χ4n) is 5.08. The smallest absolute Gasteiger partial charge is 0.301 e. The van der Waals surface area contributed by atoms with Crippen LogP contribution in [0.5, 0.6) is 17.2 Å². The average Bonchev–Trinajstić information content (AvgIpc) is 3.48. The number of thiazole rings is 1.